The van der Waals surface area contributed by atoms with Gasteiger partial charge in [-0.2, -0.15) is 5.26 Å². The minimum atomic E-state index is -0.886. The molecule has 6 nitrogen and oxygen atoms in total. The Balaban J connectivity index is 1.87. The Morgan fingerprint density at radius 3 is 2.62 bits per heavy atom. The number of hydrogen-bond donors (Lipinski definition) is 1. The van der Waals surface area contributed by atoms with E-state index in [-0.39, 0.29) is 23.5 Å². The maximum atomic E-state index is 12.1. The number of aromatic nitrogens is 2. The fraction of sp³-hybridized carbons (Fsp3) is 0.474. The zero-order valence-electron chi connectivity index (χ0n) is 15.5. The van der Waals surface area contributed by atoms with Crippen molar-refractivity contribution in [2.45, 2.75) is 50.8 Å². The van der Waals surface area contributed by atoms with E-state index < -0.39 is 5.54 Å². The molecule has 0 aliphatic rings. The van der Waals surface area contributed by atoms with E-state index in [2.05, 4.69) is 40.6 Å². The Morgan fingerprint density at radius 1 is 1.31 bits per heavy atom. The number of benzene rings is 1. The van der Waals surface area contributed by atoms with Gasteiger partial charge in [-0.15, -0.1) is 10.2 Å². The SMILES string of the molecule is CC(Cc1nnc(SCC(=O)NC(C)(C#N)C(C)C)o1)c1ccccc1. The van der Waals surface area contributed by atoms with Crippen LogP contribution in [0, 0.1) is 17.2 Å². The first-order chi connectivity index (χ1) is 12.3. The molecule has 1 aromatic carbocycles. The summed E-state index contributed by atoms with van der Waals surface area (Å²) in [6, 6.07) is 12.3. The largest absolute Gasteiger partial charge is 0.416 e. The first kappa shape index (κ1) is 20.0. The van der Waals surface area contributed by atoms with Gasteiger partial charge in [-0.05, 0) is 24.3 Å². The standard InChI is InChI=1S/C19H24N4O2S/c1-13(2)19(4,12-20)21-16(24)11-26-18-23-22-17(25-18)10-14(3)15-8-6-5-7-9-15/h5-9,13-14H,10-11H2,1-4H3,(H,21,24). The second kappa shape index (κ2) is 8.86. The highest BCUT2D eigenvalue weighted by atomic mass is 32.2. The molecule has 2 rings (SSSR count). The Morgan fingerprint density at radius 2 is 2.00 bits per heavy atom. The second-order valence-electron chi connectivity index (χ2n) is 6.78. The molecule has 0 radical (unpaired) electrons. The van der Waals surface area contributed by atoms with E-state index in [0.717, 1.165) is 0 Å². The highest BCUT2D eigenvalue weighted by Crippen LogP contribution is 2.22. The summed E-state index contributed by atoms with van der Waals surface area (Å²) in [5.41, 5.74) is 0.326. The maximum Gasteiger partial charge on any atom is 0.277 e. The van der Waals surface area contributed by atoms with Crippen LogP contribution < -0.4 is 5.32 Å². The summed E-state index contributed by atoms with van der Waals surface area (Å²) in [7, 11) is 0. The summed E-state index contributed by atoms with van der Waals surface area (Å²) in [5, 5.41) is 20.4. The minimum Gasteiger partial charge on any atom is -0.416 e. The molecule has 0 aliphatic carbocycles. The number of hydrogen-bond acceptors (Lipinski definition) is 6. The molecular formula is C19H24N4O2S. The monoisotopic (exact) mass is 372 g/mol. The highest BCUT2D eigenvalue weighted by molar-refractivity contribution is 7.99. The van der Waals surface area contributed by atoms with E-state index in [1.165, 1.54) is 17.3 Å². The zero-order valence-corrected chi connectivity index (χ0v) is 16.3. The van der Waals surface area contributed by atoms with Crippen LogP contribution in [0.5, 0.6) is 0 Å². The van der Waals surface area contributed by atoms with Crippen molar-refractivity contribution in [2.75, 3.05) is 5.75 Å². The number of thioether (sulfide) groups is 1. The molecule has 26 heavy (non-hydrogen) atoms. The number of amides is 1. The fourth-order valence-electron chi connectivity index (χ4n) is 2.29. The average molecular weight is 372 g/mol. The number of carbonyl (C=O) groups is 1. The van der Waals surface area contributed by atoms with Gasteiger partial charge in [-0.1, -0.05) is 62.9 Å². The van der Waals surface area contributed by atoms with Gasteiger partial charge in [0.2, 0.25) is 11.8 Å². The van der Waals surface area contributed by atoms with Crippen LogP contribution >= 0.6 is 11.8 Å². The van der Waals surface area contributed by atoms with Crippen LogP contribution in [0.4, 0.5) is 0 Å². The molecule has 0 saturated carbocycles. The second-order valence-corrected chi connectivity index (χ2v) is 7.71. The molecule has 138 valence electrons. The van der Waals surface area contributed by atoms with E-state index >= 15 is 0 Å². The van der Waals surface area contributed by atoms with Crippen molar-refractivity contribution in [3.63, 3.8) is 0 Å². The van der Waals surface area contributed by atoms with Crippen LogP contribution in [0.25, 0.3) is 0 Å². The Labute approximate surface area is 158 Å². The Bertz CT molecular complexity index is 769. The average Bonchev–Trinajstić information content (AvgIpc) is 3.07. The third kappa shape index (κ3) is 5.33. The third-order valence-corrected chi connectivity index (χ3v) is 5.23. The summed E-state index contributed by atoms with van der Waals surface area (Å²) in [5.74, 6) is 0.717. The molecule has 2 unspecified atom stereocenters. The van der Waals surface area contributed by atoms with Crippen LogP contribution in [-0.4, -0.2) is 27.4 Å². The van der Waals surface area contributed by atoms with Gasteiger partial charge in [0.05, 0.1) is 11.8 Å². The smallest absolute Gasteiger partial charge is 0.277 e. The van der Waals surface area contributed by atoms with Gasteiger partial charge in [0.1, 0.15) is 5.54 Å². The molecular weight excluding hydrogens is 348 g/mol. The molecule has 0 fully saturated rings. The highest BCUT2D eigenvalue weighted by Gasteiger charge is 2.30. The predicted molar refractivity (Wildman–Crippen MR) is 101 cm³/mol. The predicted octanol–water partition coefficient (Wildman–Crippen LogP) is 3.56. The lowest BCUT2D eigenvalue weighted by atomic mass is 9.90. The van der Waals surface area contributed by atoms with E-state index in [9.17, 15) is 10.1 Å². The molecule has 2 aromatic rings. The lowest BCUT2D eigenvalue weighted by Gasteiger charge is -2.27. The maximum absolute atomic E-state index is 12.1. The summed E-state index contributed by atoms with van der Waals surface area (Å²) >= 11 is 1.17. The topological polar surface area (TPSA) is 91.8 Å². The van der Waals surface area contributed by atoms with Crippen molar-refractivity contribution in [2.24, 2.45) is 5.92 Å². The van der Waals surface area contributed by atoms with Crippen molar-refractivity contribution >= 4 is 17.7 Å². The van der Waals surface area contributed by atoms with Gasteiger partial charge in [-0.25, -0.2) is 0 Å². The molecule has 1 amide bonds. The van der Waals surface area contributed by atoms with Gasteiger partial charge in [0.25, 0.3) is 5.22 Å². The van der Waals surface area contributed by atoms with Gasteiger partial charge >= 0.3 is 0 Å². The fourth-order valence-corrected chi connectivity index (χ4v) is 2.88. The molecule has 1 N–H and O–H groups in total. The quantitative estimate of drug-likeness (QED) is 0.712. The molecule has 1 aromatic heterocycles. The number of carbonyl (C=O) groups excluding carboxylic acids is 1. The van der Waals surface area contributed by atoms with Gasteiger partial charge in [0.15, 0.2) is 0 Å². The van der Waals surface area contributed by atoms with Crippen LogP contribution in [0.1, 0.15) is 45.1 Å². The number of rotatable bonds is 8. The minimum absolute atomic E-state index is 0.0101. The molecule has 0 bridgehead atoms. The van der Waals surface area contributed by atoms with E-state index in [0.29, 0.717) is 17.5 Å². The van der Waals surface area contributed by atoms with Crippen molar-refractivity contribution in [1.29, 1.82) is 5.26 Å². The Hall–Kier alpha value is -2.33. The van der Waals surface area contributed by atoms with Crippen molar-refractivity contribution in [1.82, 2.24) is 15.5 Å². The van der Waals surface area contributed by atoms with Crippen molar-refractivity contribution in [3.05, 3.63) is 41.8 Å². The molecule has 7 heteroatoms. The molecule has 0 saturated heterocycles. The van der Waals surface area contributed by atoms with Gasteiger partial charge < -0.3 is 9.73 Å². The van der Waals surface area contributed by atoms with Crippen LogP contribution in [-0.2, 0) is 11.2 Å². The first-order valence-electron chi connectivity index (χ1n) is 8.56. The van der Waals surface area contributed by atoms with Gasteiger partial charge in [0, 0.05) is 6.42 Å². The van der Waals surface area contributed by atoms with Crippen LogP contribution in [0.3, 0.4) is 0 Å². The van der Waals surface area contributed by atoms with E-state index in [1.54, 1.807) is 6.92 Å². The van der Waals surface area contributed by atoms with Crippen LogP contribution in [0.2, 0.25) is 0 Å². The first-order valence-corrected chi connectivity index (χ1v) is 9.55. The number of nitrogens with one attached hydrogen (secondary N) is 1. The summed E-state index contributed by atoms with van der Waals surface area (Å²) in [6.07, 6.45) is 0.642. The molecule has 0 spiro atoms. The summed E-state index contributed by atoms with van der Waals surface area (Å²) in [6.45, 7) is 7.62. The lowest BCUT2D eigenvalue weighted by Crippen LogP contribution is -2.49. The van der Waals surface area contributed by atoms with Crippen LogP contribution in [0.15, 0.2) is 40.0 Å². The zero-order chi connectivity index (χ0) is 19.2. The molecule has 2 atom stereocenters. The van der Waals surface area contributed by atoms with E-state index in [1.807, 2.05) is 32.0 Å². The van der Waals surface area contributed by atoms with E-state index in [4.69, 9.17) is 4.42 Å². The lowest BCUT2D eigenvalue weighted by molar-refractivity contribution is -0.120. The summed E-state index contributed by atoms with van der Waals surface area (Å²) < 4.78 is 5.63. The number of nitrogens with zero attached hydrogens (tertiary/aromatic N) is 3. The van der Waals surface area contributed by atoms with Gasteiger partial charge in [-0.3, -0.25) is 4.79 Å². The van der Waals surface area contributed by atoms with Crippen molar-refractivity contribution < 1.29 is 9.21 Å². The molecule has 0 aliphatic heterocycles. The third-order valence-electron chi connectivity index (χ3n) is 4.41. The number of nitriles is 1. The van der Waals surface area contributed by atoms with Crippen molar-refractivity contribution in [3.8, 4) is 6.07 Å². The molecule has 1 heterocycles. The normalized spacial score (nSPS) is 14.5. The summed E-state index contributed by atoms with van der Waals surface area (Å²) in [4.78, 5) is 12.1. The Kier molecular flexibility index (Phi) is 6.81.